The van der Waals surface area contributed by atoms with Crippen LogP contribution >= 0.6 is 11.3 Å². The summed E-state index contributed by atoms with van der Waals surface area (Å²) in [6.45, 7) is 4.62. The van der Waals surface area contributed by atoms with E-state index in [1.165, 1.54) is 11.8 Å². The van der Waals surface area contributed by atoms with E-state index in [0.717, 1.165) is 31.2 Å². The zero-order valence-corrected chi connectivity index (χ0v) is 15.5. The Bertz CT molecular complexity index is 859. The first-order valence-electron chi connectivity index (χ1n) is 8.39. The second-order valence-electron chi connectivity index (χ2n) is 6.44. The Kier molecular flexibility index (Phi) is 4.90. The highest BCUT2D eigenvalue weighted by atomic mass is 32.1. The predicted molar refractivity (Wildman–Crippen MR) is 95.8 cm³/mol. The molecule has 1 aliphatic carbocycles. The number of hydrogen-bond donors (Lipinski definition) is 1. The molecular weight excluding hydrogens is 338 g/mol. The molecule has 0 unspecified atom stereocenters. The number of H-pyrrole nitrogens is 1. The molecular formula is C19H21NO4S. The number of esters is 1. The third-order valence-corrected chi connectivity index (χ3v) is 5.77. The summed E-state index contributed by atoms with van der Waals surface area (Å²) >= 11 is 1.59. The fraction of sp³-hybridized carbons (Fsp3) is 0.421. The van der Waals surface area contributed by atoms with Gasteiger partial charge in [0.25, 0.3) is 0 Å². The molecule has 0 aromatic carbocycles. The van der Waals surface area contributed by atoms with Crippen molar-refractivity contribution in [3.63, 3.8) is 0 Å². The molecule has 25 heavy (non-hydrogen) atoms. The van der Waals surface area contributed by atoms with Gasteiger partial charge < -0.3 is 9.72 Å². The van der Waals surface area contributed by atoms with E-state index in [1.807, 2.05) is 5.38 Å². The number of fused-ring (bicyclic) bond motifs is 1. The maximum atomic E-state index is 12.4. The van der Waals surface area contributed by atoms with Crippen molar-refractivity contribution < 1.29 is 19.1 Å². The molecule has 0 amide bonds. The zero-order valence-electron chi connectivity index (χ0n) is 14.7. The summed E-state index contributed by atoms with van der Waals surface area (Å²) in [5, 5.41) is 1.83. The molecule has 0 bridgehead atoms. The van der Waals surface area contributed by atoms with Crippen molar-refractivity contribution in [2.45, 2.75) is 46.5 Å². The van der Waals surface area contributed by atoms with Crippen LogP contribution < -0.4 is 0 Å². The van der Waals surface area contributed by atoms with E-state index in [9.17, 15) is 14.4 Å². The molecule has 6 heteroatoms. The molecule has 1 N–H and O–H groups in total. The summed E-state index contributed by atoms with van der Waals surface area (Å²) in [7, 11) is 0. The first-order valence-corrected chi connectivity index (χ1v) is 9.27. The van der Waals surface area contributed by atoms with Gasteiger partial charge in [-0.1, -0.05) is 0 Å². The molecule has 0 fully saturated rings. The molecule has 5 nitrogen and oxygen atoms in total. The molecule has 132 valence electrons. The summed E-state index contributed by atoms with van der Waals surface area (Å²) in [4.78, 5) is 40.6. The third-order valence-electron chi connectivity index (χ3n) is 4.68. The van der Waals surface area contributed by atoms with Gasteiger partial charge in [-0.15, -0.1) is 11.3 Å². The van der Waals surface area contributed by atoms with Crippen LogP contribution in [0.25, 0.3) is 0 Å². The Morgan fingerprint density at radius 2 is 1.92 bits per heavy atom. The molecule has 0 spiro atoms. The summed E-state index contributed by atoms with van der Waals surface area (Å²) in [6.07, 6.45) is 4.15. The van der Waals surface area contributed by atoms with Crippen molar-refractivity contribution in [1.82, 2.24) is 4.98 Å². The Balaban J connectivity index is 1.71. The van der Waals surface area contributed by atoms with Gasteiger partial charge in [0.05, 0.1) is 11.3 Å². The number of aromatic amines is 1. The predicted octanol–water partition coefficient (Wildman–Crippen LogP) is 3.81. The van der Waals surface area contributed by atoms with E-state index < -0.39 is 5.97 Å². The second-order valence-corrected chi connectivity index (χ2v) is 7.40. The summed E-state index contributed by atoms with van der Waals surface area (Å²) < 4.78 is 5.25. The Morgan fingerprint density at radius 1 is 1.20 bits per heavy atom. The SMILES string of the molecule is CC(=O)c1c(C)[nH]c(C(=O)COC(=O)c2csc3c2CCCC3)c1C. The number of carbonyl (C=O) groups excluding carboxylic acids is 3. The van der Waals surface area contributed by atoms with Crippen LogP contribution in [0.3, 0.4) is 0 Å². The smallest absolute Gasteiger partial charge is 0.339 e. The Labute approximate surface area is 150 Å². The first-order chi connectivity index (χ1) is 11.9. The normalized spacial score (nSPS) is 13.4. The molecule has 0 saturated carbocycles. The van der Waals surface area contributed by atoms with Gasteiger partial charge in [0.15, 0.2) is 12.4 Å². The van der Waals surface area contributed by atoms with Crippen LogP contribution in [0.15, 0.2) is 5.38 Å². The highest BCUT2D eigenvalue weighted by molar-refractivity contribution is 7.10. The first kappa shape index (κ1) is 17.6. The Morgan fingerprint density at radius 3 is 2.60 bits per heavy atom. The minimum Gasteiger partial charge on any atom is -0.454 e. The van der Waals surface area contributed by atoms with E-state index in [1.54, 1.807) is 25.2 Å². The number of thiophene rings is 1. The number of ketones is 2. The van der Waals surface area contributed by atoms with E-state index in [0.29, 0.717) is 28.1 Å². The number of nitrogens with one attached hydrogen (secondary N) is 1. The van der Waals surface area contributed by atoms with Crippen LogP contribution in [0, 0.1) is 13.8 Å². The lowest BCUT2D eigenvalue weighted by molar-refractivity contribution is 0.0472. The van der Waals surface area contributed by atoms with Crippen LogP contribution in [0.1, 0.15) is 72.7 Å². The molecule has 2 heterocycles. The van der Waals surface area contributed by atoms with Crippen molar-refractivity contribution in [3.8, 4) is 0 Å². The van der Waals surface area contributed by atoms with E-state index in [-0.39, 0.29) is 18.2 Å². The van der Waals surface area contributed by atoms with Gasteiger partial charge in [-0.25, -0.2) is 4.79 Å². The van der Waals surface area contributed by atoms with Crippen molar-refractivity contribution in [2.24, 2.45) is 0 Å². The Hall–Kier alpha value is -2.21. The molecule has 2 aromatic heterocycles. The average molecular weight is 359 g/mol. The second kappa shape index (κ2) is 6.96. The van der Waals surface area contributed by atoms with Gasteiger partial charge >= 0.3 is 5.97 Å². The van der Waals surface area contributed by atoms with Gasteiger partial charge in [-0.3, -0.25) is 9.59 Å². The number of rotatable bonds is 5. The summed E-state index contributed by atoms with van der Waals surface area (Å²) in [6, 6.07) is 0. The molecule has 0 radical (unpaired) electrons. The molecule has 0 aliphatic heterocycles. The van der Waals surface area contributed by atoms with E-state index in [4.69, 9.17) is 4.74 Å². The number of aryl methyl sites for hydroxylation is 2. The lowest BCUT2D eigenvalue weighted by Crippen LogP contribution is -2.16. The maximum absolute atomic E-state index is 12.4. The minimum atomic E-state index is -0.444. The van der Waals surface area contributed by atoms with Crippen molar-refractivity contribution >= 4 is 28.9 Å². The number of carbonyl (C=O) groups is 3. The van der Waals surface area contributed by atoms with Gasteiger partial charge in [-0.2, -0.15) is 0 Å². The fourth-order valence-electron chi connectivity index (χ4n) is 3.50. The summed E-state index contributed by atoms with van der Waals surface area (Å²) in [5.74, 6) is -0.863. The number of ether oxygens (including phenoxy) is 1. The molecule has 1 aliphatic rings. The highest BCUT2D eigenvalue weighted by Gasteiger charge is 2.24. The maximum Gasteiger partial charge on any atom is 0.339 e. The number of hydrogen-bond acceptors (Lipinski definition) is 5. The lowest BCUT2D eigenvalue weighted by atomic mass is 9.96. The largest absolute Gasteiger partial charge is 0.454 e. The third kappa shape index (κ3) is 3.31. The topological polar surface area (TPSA) is 76.2 Å². The van der Waals surface area contributed by atoms with Crippen LogP contribution in [-0.2, 0) is 17.6 Å². The molecule has 2 aromatic rings. The molecule has 3 rings (SSSR count). The van der Waals surface area contributed by atoms with Crippen LogP contribution in [0.4, 0.5) is 0 Å². The van der Waals surface area contributed by atoms with Gasteiger partial charge in [-0.05, 0) is 57.6 Å². The van der Waals surface area contributed by atoms with Crippen LogP contribution in [0.5, 0.6) is 0 Å². The molecule has 0 saturated heterocycles. The average Bonchev–Trinajstić information content (AvgIpc) is 3.13. The van der Waals surface area contributed by atoms with Crippen LogP contribution in [0.2, 0.25) is 0 Å². The molecule has 0 atom stereocenters. The van der Waals surface area contributed by atoms with Gasteiger partial charge in [0, 0.05) is 21.5 Å². The number of Topliss-reactive ketones (excluding diaryl/α,β-unsaturated/α-hetero) is 2. The zero-order chi connectivity index (χ0) is 18.1. The van der Waals surface area contributed by atoms with Crippen LogP contribution in [-0.4, -0.2) is 29.1 Å². The fourth-order valence-corrected chi connectivity index (χ4v) is 4.62. The highest BCUT2D eigenvalue weighted by Crippen LogP contribution is 2.30. The monoisotopic (exact) mass is 359 g/mol. The van der Waals surface area contributed by atoms with Crippen molar-refractivity contribution in [2.75, 3.05) is 6.61 Å². The van der Waals surface area contributed by atoms with Crippen molar-refractivity contribution in [3.05, 3.63) is 43.9 Å². The standard InChI is InChI=1S/C19H21NO4S/c1-10-17(12(3)21)11(2)20-18(10)15(22)8-24-19(23)14-9-25-16-7-5-4-6-13(14)16/h9,20H,4-8H2,1-3H3. The quantitative estimate of drug-likeness (QED) is 0.650. The summed E-state index contributed by atoms with van der Waals surface area (Å²) in [5.41, 5.74) is 3.81. The van der Waals surface area contributed by atoms with Crippen molar-refractivity contribution in [1.29, 1.82) is 0 Å². The van der Waals surface area contributed by atoms with E-state index >= 15 is 0 Å². The minimum absolute atomic E-state index is 0.0906. The number of aromatic nitrogens is 1. The van der Waals surface area contributed by atoms with Gasteiger partial charge in [0.1, 0.15) is 0 Å². The van der Waals surface area contributed by atoms with E-state index in [2.05, 4.69) is 4.98 Å². The lowest BCUT2D eigenvalue weighted by Gasteiger charge is -2.12. The van der Waals surface area contributed by atoms with Gasteiger partial charge in [0.2, 0.25) is 5.78 Å².